The van der Waals surface area contributed by atoms with Crippen molar-refractivity contribution in [3.63, 3.8) is 0 Å². The minimum absolute atomic E-state index is 0.178. The predicted molar refractivity (Wildman–Crippen MR) is 219 cm³/mol. The molecule has 2 heterocycles. The van der Waals surface area contributed by atoms with Crippen LogP contribution in [0.15, 0.2) is 192 Å². The summed E-state index contributed by atoms with van der Waals surface area (Å²) in [5, 5.41) is 0. The van der Waals surface area contributed by atoms with Crippen LogP contribution in [-0.4, -0.2) is 25.9 Å². The van der Waals surface area contributed by atoms with E-state index in [0.29, 0.717) is 0 Å². The molecule has 7 rings (SSSR count). The zero-order valence-electron chi connectivity index (χ0n) is 30.8. The molecule has 0 aliphatic heterocycles. The van der Waals surface area contributed by atoms with Gasteiger partial charge in [-0.1, -0.05) is 96.1 Å². The first kappa shape index (κ1) is 40.9. The van der Waals surface area contributed by atoms with Gasteiger partial charge in [-0.2, -0.15) is 9.13 Å². The van der Waals surface area contributed by atoms with Gasteiger partial charge in [0.25, 0.3) is 0 Å². The number of benzene rings is 5. The molecule has 282 valence electrons. The molecule has 0 amide bonds. The van der Waals surface area contributed by atoms with Crippen LogP contribution in [0.4, 0.5) is 0 Å². The normalized spacial score (nSPS) is 11.4. The fourth-order valence-corrected chi connectivity index (χ4v) is 6.11. The Bertz CT molecular complexity index is 2390. The molecule has 2 aromatic heterocycles. The molecule has 0 fully saturated rings. The molecule has 0 radical (unpaired) electrons. The molecule has 7 aromatic rings. The van der Waals surface area contributed by atoms with Crippen LogP contribution in [0.5, 0.6) is 0 Å². The molecule has 0 aliphatic rings. The smallest absolute Gasteiger partial charge is 0.210 e. The number of aromatic nitrogens is 2. The highest BCUT2D eigenvalue weighted by Gasteiger charge is 2.04. The molecule has 0 unspecified atom stereocenters. The van der Waals surface area contributed by atoms with E-state index in [4.69, 9.17) is 0 Å². The highest BCUT2D eigenvalue weighted by atomic mass is 32.2. The number of aryl methyl sites for hydroxylation is 2. The summed E-state index contributed by atoms with van der Waals surface area (Å²) < 4.78 is 66.5. The first-order chi connectivity index (χ1) is 26.8. The monoisotopic (exact) mass is 780 g/mol. The first-order valence-electron chi connectivity index (χ1n) is 17.5. The van der Waals surface area contributed by atoms with E-state index in [2.05, 4.69) is 131 Å². The highest BCUT2D eigenvalue weighted by molar-refractivity contribution is 7.86. The Morgan fingerprint density at radius 2 is 0.625 bits per heavy atom. The van der Waals surface area contributed by atoms with E-state index in [0.717, 1.165) is 22.5 Å². The van der Waals surface area contributed by atoms with Crippen LogP contribution in [-0.2, 0) is 20.2 Å². The second-order valence-corrected chi connectivity index (χ2v) is 15.4. The van der Waals surface area contributed by atoms with Gasteiger partial charge in [0.05, 0.1) is 9.79 Å². The van der Waals surface area contributed by atoms with Crippen LogP contribution in [0.25, 0.3) is 35.7 Å². The van der Waals surface area contributed by atoms with Gasteiger partial charge >= 0.3 is 0 Å². The molecule has 0 saturated carbocycles. The summed E-state index contributed by atoms with van der Waals surface area (Å²) in [4.78, 5) is -0.355. The van der Waals surface area contributed by atoms with Gasteiger partial charge in [0.15, 0.2) is 24.8 Å². The molecule has 10 heteroatoms. The van der Waals surface area contributed by atoms with E-state index in [9.17, 15) is 25.9 Å². The average Bonchev–Trinajstić information content (AvgIpc) is 3.21. The standard InChI is InChI=1S/C32H26N2.2C7H8O3S/c1-3-23-33(24-4-1)31-19-15-29(16-20-31)13-11-27-7-9-28(10-8-27)12-14-30-17-21-32(22-18-30)34-25-5-2-6-26-34;2*1-6-2-4-7(5-3-6)11(8,9)10/h1-26H;2*2-5H,1H3,(H,8,9,10)/q+2;;/p-2. The molecule has 56 heavy (non-hydrogen) atoms. The summed E-state index contributed by atoms with van der Waals surface area (Å²) in [6.07, 6.45) is 16.8. The Morgan fingerprint density at radius 3 is 0.875 bits per heavy atom. The Hall–Kier alpha value is -6.30. The van der Waals surface area contributed by atoms with E-state index < -0.39 is 20.2 Å². The molecule has 0 aliphatic carbocycles. The Kier molecular flexibility index (Phi) is 14.1. The molecule has 0 bridgehead atoms. The molecular formula is C46H40N2O6S2. The third-order valence-corrected chi connectivity index (χ3v) is 10.0. The van der Waals surface area contributed by atoms with Gasteiger partial charge in [0, 0.05) is 48.5 Å². The maximum absolute atomic E-state index is 10.4. The van der Waals surface area contributed by atoms with Crippen LogP contribution >= 0.6 is 0 Å². The van der Waals surface area contributed by atoms with Crippen molar-refractivity contribution >= 4 is 44.5 Å². The summed E-state index contributed by atoms with van der Waals surface area (Å²) in [6.45, 7) is 3.64. The van der Waals surface area contributed by atoms with Gasteiger partial charge in [-0.3, -0.25) is 0 Å². The Morgan fingerprint density at radius 1 is 0.375 bits per heavy atom. The van der Waals surface area contributed by atoms with E-state index in [1.807, 2.05) is 50.2 Å². The van der Waals surface area contributed by atoms with E-state index in [-0.39, 0.29) is 9.79 Å². The maximum atomic E-state index is 10.4. The second kappa shape index (κ2) is 19.3. The summed E-state index contributed by atoms with van der Waals surface area (Å²) in [6, 6.07) is 49.5. The van der Waals surface area contributed by atoms with Crippen molar-refractivity contribution in [3.05, 3.63) is 216 Å². The van der Waals surface area contributed by atoms with Crippen molar-refractivity contribution in [2.75, 3.05) is 0 Å². The minimum Gasteiger partial charge on any atom is -0.744 e. The fourth-order valence-electron chi connectivity index (χ4n) is 5.17. The summed E-state index contributed by atoms with van der Waals surface area (Å²) in [5.74, 6) is 0. The van der Waals surface area contributed by atoms with Crippen molar-refractivity contribution in [3.8, 4) is 11.4 Å². The SMILES string of the molecule is C(=Cc1ccc(-[n+]2ccccc2)cc1)c1ccc(C=Cc2ccc(-[n+]3ccccc3)cc2)cc1.Cc1ccc(S(=O)(=O)[O-])cc1.Cc1ccc(S(=O)(=O)[O-])cc1. The summed E-state index contributed by atoms with van der Waals surface area (Å²) >= 11 is 0. The van der Waals surface area contributed by atoms with Crippen LogP contribution in [0.2, 0.25) is 0 Å². The van der Waals surface area contributed by atoms with Gasteiger partial charge in [-0.15, -0.1) is 0 Å². The van der Waals surface area contributed by atoms with Gasteiger partial charge in [0.2, 0.25) is 11.4 Å². The maximum Gasteiger partial charge on any atom is 0.210 e. The van der Waals surface area contributed by atoms with E-state index in [1.54, 1.807) is 24.3 Å². The van der Waals surface area contributed by atoms with E-state index >= 15 is 0 Å². The topological polar surface area (TPSA) is 122 Å². The van der Waals surface area contributed by atoms with Gasteiger partial charge < -0.3 is 9.11 Å². The average molecular weight is 781 g/mol. The van der Waals surface area contributed by atoms with Crippen LogP contribution < -0.4 is 9.13 Å². The molecule has 0 N–H and O–H groups in total. The first-order valence-corrected chi connectivity index (χ1v) is 20.3. The lowest BCUT2D eigenvalue weighted by molar-refractivity contribution is -0.596. The van der Waals surface area contributed by atoms with Gasteiger partial charge in [0.1, 0.15) is 20.2 Å². The summed E-state index contributed by atoms with van der Waals surface area (Å²) in [7, 11) is -8.54. The minimum atomic E-state index is -4.27. The zero-order chi connectivity index (χ0) is 40.0. The van der Waals surface area contributed by atoms with Crippen LogP contribution in [0.1, 0.15) is 33.4 Å². The van der Waals surface area contributed by atoms with Gasteiger partial charge in [-0.25, -0.2) is 16.8 Å². The molecule has 0 atom stereocenters. The highest BCUT2D eigenvalue weighted by Crippen LogP contribution is 2.15. The third-order valence-electron chi connectivity index (χ3n) is 8.31. The molecule has 8 nitrogen and oxygen atoms in total. The lowest BCUT2D eigenvalue weighted by atomic mass is 10.1. The summed E-state index contributed by atoms with van der Waals surface area (Å²) in [5.41, 5.74) is 8.90. The number of hydrogen-bond donors (Lipinski definition) is 0. The molecule has 0 saturated heterocycles. The molecule has 5 aromatic carbocycles. The van der Waals surface area contributed by atoms with Gasteiger partial charge in [-0.05, 0) is 84.6 Å². The third kappa shape index (κ3) is 12.9. The quantitative estimate of drug-likeness (QED) is 0.0868. The molecule has 0 spiro atoms. The van der Waals surface area contributed by atoms with Crippen molar-refractivity contribution in [1.82, 2.24) is 0 Å². The van der Waals surface area contributed by atoms with Crippen molar-refractivity contribution in [2.24, 2.45) is 0 Å². The lowest BCUT2D eigenvalue weighted by Crippen LogP contribution is -2.28. The lowest BCUT2D eigenvalue weighted by Gasteiger charge is -2.05. The van der Waals surface area contributed by atoms with Crippen LogP contribution in [0, 0.1) is 13.8 Å². The second-order valence-electron chi connectivity index (χ2n) is 12.6. The van der Waals surface area contributed by atoms with Crippen molar-refractivity contribution in [1.29, 1.82) is 0 Å². The van der Waals surface area contributed by atoms with Crippen molar-refractivity contribution in [2.45, 2.75) is 23.6 Å². The number of nitrogens with zero attached hydrogens (tertiary/aromatic N) is 2. The zero-order valence-corrected chi connectivity index (χ0v) is 32.4. The Labute approximate surface area is 329 Å². The number of rotatable bonds is 8. The predicted octanol–water partition coefficient (Wildman–Crippen LogP) is 8.38. The Balaban J connectivity index is 0.000000222. The van der Waals surface area contributed by atoms with Crippen LogP contribution in [0.3, 0.4) is 0 Å². The van der Waals surface area contributed by atoms with E-state index in [1.165, 1.54) is 46.5 Å². The fraction of sp³-hybridized carbons (Fsp3) is 0.0435. The van der Waals surface area contributed by atoms with Crippen molar-refractivity contribution < 1.29 is 35.1 Å². The molecular weight excluding hydrogens is 741 g/mol. The largest absolute Gasteiger partial charge is 0.744 e. The number of hydrogen-bond acceptors (Lipinski definition) is 6. The number of pyridine rings is 2.